The van der Waals surface area contributed by atoms with Crippen LogP contribution in [0, 0.1) is 17.0 Å². The third-order valence-corrected chi connectivity index (χ3v) is 3.43. The highest BCUT2D eigenvalue weighted by molar-refractivity contribution is 5.73. The summed E-state index contributed by atoms with van der Waals surface area (Å²) in [5.74, 6) is -1.58. The maximum Gasteiger partial charge on any atom is 0.161 e. The van der Waals surface area contributed by atoms with Gasteiger partial charge >= 0.3 is 0 Å². The van der Waals surface area contributed by atoms with Crippen molar-refractivity contribution in [3.05, 3.63) is 23.8 Å². The molecule has 1 heterocycles. The van der Waals surface area contributed by atoms with E-state index in [1.165, 1.54) is 12.1 Å². The summed E-state index contributed by atoms with van der Waals surface area (Å²) in [4.78, 5) is 2.20. The lowest BCUT2D eigenvalue weighted by atomic mass is 9.93. The van der Waals surface area contributed by atoms with E-state index in [2.05, 4.69) is 37.9 Å². The van der Waals surface area contributed by atoms with E-state index in [-0.39, 0.29) is 5.41 Å². The average molecular weight is 268 g/mol. The summed E-state index contributed by atoms with van der Waals surface area (Å²) < 4.78 is 26.8. The number of anilines is 2. The molecule has 0 radical (unpaired) electrons. The second kappa shape index (κ2) is 4.99. The summed E-state index contributed by atoms with van der Waals surface area (Å²) in [6.45, 7) is 10.2. The first kappa shape index (κ1) is 14.1. The van der Waals surface area contributed by atoms with Crippen LogP contribution in [0.4, 0.5) is 20.2 Å². The van der Waals surface area contributed by atoms with Crippen LogP contribution in [-0.2, 0) is 0 Å². The van der Waals surface area contributed by atoms with Gasteiger partial charge in [0.15, 0.2) is 11.6 Å². The third-order valence-electron chi connectivity index (χ3n) is 3.43. The van der Waals surface area contributed by atoms with Crippen molar-refractivity contribution < 1.29 is 8.78 Å². The summed E-state index contributed by atoms with van der Waals surface area (Å²) in [6.07, 6.45) is 0.974. The van der Waals surface area contributed by atoms with Gasteiger partial charge in [-0.1, -0.05) is 27.7 Å². The van der Waals surface area contributed by atoms with E-state index in [1.807, 2.05) is 0 Å². The van der Waals surface area contributed by atoms with E-state index >= 15 is 0 Å². The Bertz CT molecular complexity index is 466. The van der Waals surface area contributed by atoms with Gasteiger partial charge in [-0.3, -0.25) is 0 Å². The standard InChI is InChI=1S/C15H22F2N2/c1-5-10-8-18-13-6-11(16)12(17)7-14(13)19(10)9-15(2,3)4/h6-7,10,18H,5,8-9H2,1-4H3. The van der Waals surface area contributed by atoms with Gasteiger partial charge in [-0.2, -0.15) is 0 Å². The monoisotopic (exact) mass is 268 g/mol. The van der Waals surface area contributed by atoms with Gasteiger partial charge in [0, 0.05) is 31.3 Å². The number of fused-ring (bicyclic) bond motifs is 1. The lowest BCUT2D eigenvalue weighted by molar-refractivity contribution is 0.386. The molecule has 1 aliphatic heterocycles. The minimum atomic E-state index is -0.795. The second-order valence-electron chi connectivity index (χ2n) is 6.42. The van der Waals surface area contributed by atoms with E-state index in [0.29, 0.717) is 11.7 Å². The molecule has 4 heteroatoms. The van der Waals surface area contributed by atoms with Crippen LogP contribution in [0.15, 0.2) is 12.1 Å². The Labute approximate surface area is 113 Å². The molecule has 19 heavy (non-hydrogen) atoms. The molecule has 1 aromatic rings. The van der Waals surface area contributed by atoms with Gasteiger partial charge in [0.05, 0.1) is 11.4 Å². The van der Waals surface area contributed by atoms with Crippen LogP contribution in [0.25, 0.3) is 0 Å². The number of nitrogens with zero attached hydrogens (tertiary/aromatic N) is 1. The highest BCUT2D eigenvalue weighted by Gasteiger charge is 2.29. The molecule has 0 spiro atoms. The molecule has 0 saturated heterocycles. The molecule has 1 aromatic carbocycles. The molecule has 1 atom stereocenters. The number of hydrogen-bond donors (Lipinski definition) is 1. The van der Waals surface area contributed by atoms with Crippen molar-refractivity contribution in [1.29, 1.82) is 0 Å². The normalized spacial score (nSPS) is 19.1. The molecule has 2 nitrogen and oxygen atoms in total. The van der Waals surface area contributed by atoms with Gasteiger partial charge in [0.1, 0.15) is 0 Å². The molecule has 0 aromatic heterocycles. The van der Waals surface area contributed by atoms with E-state index < -0.39 is 11.6 Å². The number of hydrogen-bond acceptors (Lipinski definition) is 2. The quantitative estimate of drug-likeness (QED) is 0.871. The minimum Gasteiger partial charge on any atom is -0.381 e. The molecule has 1 unspecified atom stereocenters. The molecule has 1 N–H and O–H groups in total. The Balaban J connectivity index is 2.42. The van der Waals surface area contributed by atoms with Crippen molar-refractivity contribution in [3.8, 4) is 0 Å². The molecule has 0 bridgehead atoms. The molecule has 0 aliphatic carbocycles. The van der Waals surface area contributed by atoms with Crippen molar-refractivity contribution in [2.75, 3.05) is 23.3 Å². The number of halogens is 2. The summed E-state index contributed by atoms with van der Waals surface area (Å²) in [6, 6.07) is 2.88. The fraction of sp³-hybridized carbons (Fsp3) is 0.600. The van der Waals surface area contributed by atoms with Gasteiger partial charge < -0.3 is 10.2 Å². The van der Waals surface area contributed by atoms with Crippen LogP contribution < -0.4 is 10.2 Å². The first-order valence-electron chi connectivity index (χ1n) is 6.81. The van der Waals surface area contributed by atoms with E-state index in [9.17, 15) is 8.78 Å². The molecule has 0 saturated carbocycles. The third kappa shape index (κ3) is 2.99. The first-order chi connectivity index (χ1) is 8.81. The average Bonchev–Trinajstić information content (AvgIpc) is 2.30. The zero-order valence-electron chi connectivity index (χ0n) is 12.1. The molecule has 0 fully saturated rings. The van der Waals surface area contributed by atoms with Crippen LogP contribution >= 0.6 is 0 Å². The molecule has 1 aliphatic rings. The van der Waals surface area contributed by atoms with E-state index in [1.54, 1.807) is 0 Å². The van der Waals surface area contributed by atoms with Crippen molar-refractivity contribution in [2.45, 2.75) is 40.2 Å². The summed E-state index contributed by atoms with van der Waals surface area (Å²) in [5, 5.41) is 3.20. The van der Waals surface area contributed by atoms with Crippen LogP contribution in [0.5, 0.6) is 0 Å². The van der Waals surface area contributed by atoms with Crippen molar-refractivity contribution in [1.82, 2.24) is 0 Å². The van der Waals surface area contributed by atoms with Crippen LogP contribution in [0.1, 0.15) is 34.1 Å². The molecule has 2 rings (SSSR count). The van der Waals surface area contributed by atoms with Crippen LogP contribution in [-0.4, -0.2) is 19.1 Å². The fourth-order valence-corrected chi connectivity index (χ4v) is 2.54. The Morgan fingerprint density at radius 1 is 1.26 bits per heavy atom. The molecular formula is C15H22F2N2. The molecule has 0 amide bonds. The fourth-order valence-electron chi connectivity index (χ4n) is 2.54. The van der Waals surface area contributed by atoms with Crippen LogP contribution in [0.2, 0.25) is 0 Å². The maximum absolute atomic E-state index is 13.5. The smallest absolute Gasteiger partial charge is 0.161 e. The highest BCUT2D eigenvalue weighted by atomic mass is 19.2. The van der Waals surface area contributed by atoms with Gasteiger partial charge in [-0.05, 0) is 11.8 Å². The Kier molecular flexibility index (Phi) is 3.70. The SMILES string of the molecule is CCC1CNc2cc(F)c(F)cc2N1CC(C)(C)C. The highest BCUT2D eigenvalue weighted by Crippen LogP contribution is 2.36. The minimum absolute atomic E-state index is 0.104. The predicted octanol–water partition coefficient (Wildman–Crippen LogP) is 4.02. The van der Waals surface area contributed by atoms with Gasteiger partial charge in [-0.25, -0.2) is 8.78 Å². The maximum atomic E-state index is 13.5. The summed E-state index contributed by atoms with van der Waals surface area (Å²) >= 11 is 0. The largest absolute Gasteiger partial charge is 0.381 e. The summed E-state index contributed by atoms with van der Waals surface area (Å²) in [7, 11) is 0. The van der Waals surface area contributed by atoms with Gasteiger partial charge in [-0.15, -0.1) is 0 Å². The number of nitrogens with one attached hydrogen (secondary N) is 1. The first-order valence-corrected chi connectivity index (χ1v) is 6.81. The van der Waals surface area contributed by atoms with Crippen molar-refractivity contribution in [3.63, 3.8) is 0 Å². The Hall–Kier alpha value is -1.32. The lowest BCUT2D eigenvalue weighted by Gasteiger charge is -2.42. The van der Waals surface area contributed by atoms with Crippen molar-refractivity contribution in [2.24, 2.45) is 5.41 Å². The lowest BCUT2D eigenvalue weighted by Crippen LogP contribution is -2.47. The Morgan fingerprint density at radius 2 is 1.89 bits per heavy atom. The van der Waals surface area contributed by atoms with Gasteiger partial charge in [0.25, 0.3) is 0 Å². The number of rotatable bonds is 2. The molecular weight excluding hydrogens is 246 g/mol. The van der Waals surface area contributed by atoms with Gasteiger partial charge in [0.2, 0.25) is 0 Å². The van der Waals surface area contributed by atoms with Crippen LogP contribution in [0.3, 0.4) is 0 Å². The van der Waals surface area contributed by atoms with Crippen molar-refractivity contribution >= 4 is 11.4 Å². The topological polar surface area (TPSA) is 15.3 Å². The summed E-state index contributed by atoms with van der Waals surface area (Å²) in [5.41, 5.74) is 1.56. The predicted molar refractivity (Wildman–Crippen MR) is 75.7 cm³/mol. The molecule has 106 valence electrons. The number of benzene rings is 1. The zero-order chi connectivity index (χ0) is 14.2. The Morgan fingerprint density at radius 3 is 2.47 bits per heavy atom. The van der Waals surface area contributed by atoms with E-state index in [4.69, 9.17) is 0 Å². The zero-order valence-corrected chi connectivity index (χ0v) is 12.1. The second-order valence-corrected chi connectivity index (χ2v) is 6.42. The van der Waals surface area contributed by atoms with E-state index in [0.717, 1.165) is 25.2 Å².